The molecule has 0 spiro atoms. The first-order valence-electron chi connectivity index (χ1n) is 9.33. The predicted octanol–water partition coefficient (Wildman–Crippen LogP) is 3.02. The molecule has 6 nitrogen and oxygen atoms in total. The zero-order valence-corrected chi connectivity index (χ0v) is 16.3. The predicted molar refractivity (Wildman–Crippen MR) is 102 cm³/mol. The first-order chi connectivity index (χ1) is 12.9. The average Bonchev–Trinajstić information content (AvgIpc) is 2.68. The van der Waals surface area contributed by atoms with Gasteiger partial charge in [-0.2, -0.15) is 5.26 Å². The van der Waals surface area contributed by atoms with E-state index in [-0.39, 0.29) is 17.9 Å². The van der Waals surface area contributed by atoms with Crippen molar-refractivity contribution in [3.8, 4) is 6.07 Å². The van der Waals surface area contributed by atoms with Gasteiger partial charge in [-0.1, -0.05) is 6.92 Å². The Bertz CT molecular complexity index is 845. The van der Waals surface area contributed by atoms with Crippen molar-refractivity contribution in [1.29, 1.82) is 5.26 Å². The third kappa shape index (κ3) is 3.91. The molecule has 7 heteroatoms. The Morgan fingerprint density at radius 3 is 2.70 bits per heavy atom. The maximum atomic E-state index is 14.6. The molecule has 1 saturated heterocycles. The lowest BCUT2D eigenvalue weighted by Crippen LogP contribution is -2.53. The molecule has 0 radical (unpaired) electrons. The van der Waals surface area contributed by atoms with E-state index >= 15 is 0 Å². The number of hydrogen-bond acceptors (Lipinski definition) is 6. The highest BCUT2D eigenvalue weighted by molar-refractivity contribution is 5.38. The Kier molecular flexibility index (Phi) is 5.66. The lowest BCUT2D eigenvalue weighted by molar-refractivity contribution is 0.133. The van der Waals surface area contributed by atoms with E-state index in [9.17, 15) is 4.39 Å². The number of halogens is 1. The first-order valence-corrected chi connectivity index (χ1v) is 9.33. The Morgan fingerprint density at radius 1 is 1.33 bits per heavy atom. The van der Waals surface area contributed by atoms with Gasteiger partial charge in [0.15, 0.2) is 5.69 Å². The van der Waals surface area contributed by atoms with Crippen molar-refractivity contribution in [2.45, 2.75) is 46.2 Å². The Morgan fingerprint density at radius 2 is 2.11 bits per heavy atom. The molecular formula is C20H25FN6. The van der Waals surface area contributed by atoms with Crippen LogP contribution in [-0.4, -0.2) is 45.5 Å². The quantitative estimate of drug-likeness (QED) is 0.826. The van der Waals surface area contributed by atoms with Crippen LogP contribution in [0.5, 0.6) is 0 Å². The van der Waals surface area contributed by atoms with Crippen LogP contribution < -0.4 is 4.90 Å². The Balaban J connectivity index is 1.74. The van der Waals surface area contributed by atoms with E-state index in [4.69, 9.17) is 5.26 Å². The zero-order chi connectivity index (χ0) is 19.6. The molecule has 0 N–H and O–H groups in total. The average molecular weight is 368 g/mol. The molecule has 2 aromatic rings. The molecular weight excluding hydrogens is 343 g/mol. The van der Waals surface area contributed by atoms with Gasteiger partial charge in [-0.25, -0.2) is 14.4 Å². The molecule has 1 aliphatic rings. The normalized spacial score (nSPS) is 19.0. The maximum Gasteiger partial charge on any atom is 0.158 e. The molecule has 0 aliphatic carbocycles. The highest BCUT2D eigenvalue weighted by atomic mass is 19.1. The number of aryl methyl sites for hydroxylation is 2. The third-order valence-corrected chi connectivity index (χ3v) is 5.33. The first kappa shape index (κ1) is 19.2. The lowest BCUT2D eigenvalue weighted by Gasteiger charge is -2.43. The minimum Gasteiger partial charge on any atom is -0.352 e. The van der Waals surface area contributed by atoms with Crippen molar-refractivity contribution < 1.29 is 4.39 Å². The number of nitrogens with zero attached hydrogens (tertiary/aromatic N) is 6. The van der Waals surface area contributed by atoms with Crippen molar-refractivity contribution in [3.63, 3.8) is 0 Å². The molecule has 142 valence electrons. The van der Waals surface area contributed by atoms with Crippen LogP contribution in [0.2, 0.25) is 0 Å². The number of piperazine rings is 1. The van der Waals surface area contributed by atoms with E-state index in [2.05, 4.69) is 31.7 Å². The summed E-state index contributed by atoms with van der Waals surface area (Å²) in [6.07, 6.45) is 3.91. The molecule has 2 atom stereocenters. The summed E-state index contributed by atoms with van der Waals surface area (Å²) >= 11 is 0. The van der Waals surface area contributed by atoms with Crippen molar-refractivity contribution in [2.24, 2.45) is 0 Å². The van der Waals surface area contributed by atoms with Gasteiger partial charge < -0.3 is 4.90 Å². The van der Waals surface area contributed by atoms with Crippen LogP contribution in [0.3, 0.4) is 0 Å². The molecule has 0 bridgehead atoms. The summed E-state index contributed by atoms with van der Waals surface area (Å²) < 4.78 is 14.6. The Hall–Kier alpha value is -2.59. The molecule has 1 fully saturated rings. The van der Waals surface area contributed by atoms with Crippen molar-refractivity contribution >= 4 is 5.82 Å². The molecule has 0 saturated carbocycles. The van der Waals surface area contributed by atoms with Gasteiger partial charge in [0.25, 0.3) is 0 Å². The summed E-state index contributed by atoms with van der Waals surface area (Å²) in [4.78, 5) is 17.4. The summed E-state index contributed by atoms with van der Waals surface area (Å²) in [5.74, 6) is 0.540. The van der Waals surface area contributed by atoms with Crippen LogP contribution >= 0.6 is 0 Å². The fourth-order valence-corrected chi connectivity index (χ4v) is 3.74. The standard InChI is InChI=1S/C20H25FN6/c1-5-16-8-18(21)20(25-14(16)3)15(4)27-7-6-26(12-13(27)2)19-11-23-17(9-22)10-24-19/h8,10-11,13,15H,5-7,12H2,1-4H3/t13-,15?/m0/s1. The summed E-state index contributed by atoms with van der Waals surface area (Å²) in [7, 11) is 0. The van der Waals surface area contributed by atoms with Gasteiger partial charge in [-0.3, -0.25) is 9.88 Å². The fraction of sp³-hybridized carbons (Fsp3) is 0.500. The second-order valence-corrected chi connectivity index (χ2v) is 7.03. The minimum absolute atomic E-state index is 0.0983. The maximum absolute atomic E-state index is 14.6. The van der Waals surface area contributed by atoms with E-state index in [0.29, 0.717) is 11.4 Å². The molecule has 0 amide bonds. The van der Waals surface area contributed by atoms with Crippen LogP contribution in [-0.2, 0) is 6.42 Å². The van der Waals surface area contributed by atoms with Crippen LogP contribution in [0.25, 0.3) is 0 Å². The largest absolute Gasteiger partial charge is 0.352 e. The summed E-state index contributed by atoms with van der Waals surface area (Å²) in [5.41, 5.74) is 2.69. The number of nitriles is 1. The van der Waals surface area contributed by atoms with Gasteiger partial charge in [0, 0.05) is 31.4 Å². The molecule has 1 aliphatic heterocycles. The number of aromatic nitrogens is 3. The van der Waals surface area contributed by atoms with Gasteiger partial charge in [-0.15, -0.1) is 0 Å². The molecule has 3 rings (SSSR count). The van der Waals surface area contributed by atoms with E-state index in [0.717, 1.165) is 43.1 Å². The SMILES string of the molecule is CCc1cc(F)c(C(C)N2CCN(c3cnc(C#N)cn3)C[C@@H]2C)nc1C. The van der Waals surface area contributed by atoms with Crippen LogP contribution in [0.15, 0.2) is 18.5 Å². The molecule has 1 unspecified atom stereocenters. The van der Waals surface area contributed by atoms with E-state index in [1.165, 1.54) is 6.20 Å². The second-order valence-electron chi connectivity index (χ2n) is 7.03. The van der Waals surface area contributed by atoms with Gasteiger partial charge in [0.2, 0.25) is 0 Å². The van der Waals surface area contributed by atoms with Gasteiger partial charge in [-0.05, 0) is 38.8 Å². The van der Waals surface area contributed by atoms with E-state index in [1.54, 1.807) is 12.3 Å². The smallest absolute Gasteiger partial charge is 0.158 e. The third-order valence-electron chi connectivity index (χ3n) is 5.33. The molecule has 27 heavy (non-hydrogen) atoms. The highest BCUT2D eigenvalue weighted by Gasteiger charge is 2.30. The van der Waals surface area contributed by atoms with Crippen molar-refractivity contribution in [2.75, 3.05) is 24.5 Å². The Labute approximate surface area is 159 Å². The van der Waals surface area contributed by atoms with Gasteiger partial charge >= 0.3 is 0 Å². The highest BCUT2D eigenvalue weighted by Crippen LogP contribution is 2.28. The zero-order valence-electron chi connectivity index (χ0n) is 16.3. The summed E-state index contributed by atoms with van der Waals surface area (Å²) in [6, 6.07) is 3.72. The topological polar surface area (TPSA) is 68.9 Å². The van der Waals surface area contributed by atoms with Crippen LogP contribution in [0.4, 0.5) is 10.2 Å². The molecule has 2 aromatic heterocycles. The number of rotatable bonds is 4. The lowest BCUT2D eigenvalue weighted by atomic mass is 10.0. The second kappa shape index (κ2) is 7.97. The van der Waals surface area contributed by atoms with E-state index in [1.807, 2.05) is 26.8 Å². The monoisotopic (exact) mass is 368 g/mol. The number of pyridine rings is 1. The van der Waals surface area contributed by atoms with E-state index < -0.39 is 0 Å². The summed E-state index contributed by atoms with van der Waals surface area (Å²) in [6.45, 7) is 10.4. The number of hydrogen-bond donors (Lipinski definition) is 0. The molecule has 0 aromatic carbocycles. The summed E-state index contributed by atoms with van der Waals surface area (Å²) in [5, 5.41) is 8.85. The van der Waals surface area contributed by atoms with Gasteiger partial charge in [0.05, 0.1) is 24.1 Å². The van der Waals surface area contributed by atoms with Gasteiger partial charge in [0.1, 0.15) is 17.7 Å². The van der Waals surface area contributed by atoms with Crippen LogP contribution in [0.1, 0.15) is 49.5 Å². The number of anilines is 1. The van der Waals surface area contributed by atoms with Crippen molar-refractivity contribution in [1.82, 2.24) is 19.9 Å². The fourth-order valence-electron chi connectivity index (χ4n) is 3.74. The molecule has 3 heterocycles. The minimum atomic E-state index is -0.225. The van der Waals surface area contributed by atoms with Crippen molar-refractivity contribution in [3.05, 3.63) is 46.9 Å². The van der Waals surface area contributed by atoms with Crippen LogP contribution in [0, 0.1) is 24.1 Å².